The minimum Gasteiger partial charge on any atom is -0.323 e. The molecule has 1 aliphatic heterocycles. The first kappa shape index (κ1) is 17.5. The first-order chi connectivity index (χ1) is 11.5. The second-order valence-corrected chi connectivity index (χ2v) is 7.99. The Bertz CT molecular complexity index is 782. The van der Waals surface area contributed by atoms with Gasteiger partial charge in [-0.2, -0.15) is 0 Å². The van der Waals surface area contributed by atoms with Gasteiger partial charge in [0.1, 0.15) is 6.54 Å². The van der Waals surface area contributed by atoms with E-state index in [2.05, 4.69) is 10.3 Å². The molecule has 1 aliphatic rings. The zero-order chi connectivity index (χ0) is 17.1. The molecule has 0 radical (unpaired) electrons. The summed E-state index contributed by atoms with van der Waals surface area (Å²) >= 11 is 15.1. The highest BCUT2D eigenvalue weighted by Gasteiger charge is 2.23. The Morgan fingerprint density at radius 3 is 2.96 bits per heavy atom. The number of hydrogen-bond acceptors (Lipinski definition) is 5. The van der Waals surface area contributed by atoms with E-state index in [0.29, 0.717) is 33.2 Å². The number of thiazole rings is 1. The lowest BCUT2D eigenvalue weighted by Gasteiger charge is -2.12. The van der Waals surface area contributed by atoms with E-state index in [0.717, 1.165) is 10.4 Å². The number of nitrogens with one attached hydrogen (secondary N) is 1. The van der Waals surface area contributed by atoms with Crippen LogP contribution in [0, 0.1) is 0 Å². The van der Waals surface area contributed by atoms with E-state index in [-0.39, 0.29) is 18.4 Å². The van der Waals surface area contributed by atoms with Crippen LogP contribution in [0.3, 0.4) is 0 Å². The minimum atomic E-state index is -0.243. The Morgan fingerprint density at radius 1 is 1.38 bits per heavy atom. The molecule has 1 N–H and O–H groups in total. The first-order valence-electron chi connectivity index (χ1n) is 7.06. The predicted octanol–water partition coefficient (Wildman–Crippen LogP) is 3.51. The lowest BCUT2D eigenvalue weighted by atomic mass is 10.1. The zero-order valence-corrected chi connectivity index (χ0v) is 15.6. The smallest absolute Gasteiger partial charge is 0.245 e. The topological polar surface area (TPSA) is 62.3 Å². The number of amides is 2. The summed E-state index contributed by atoms with van der Waals surface area (Å²) in [6.07, 6.45) is 2.29. The van der Waals surface area contributed by atoms with E-state index in [1.54, 1.807) is 12.3 Å². The molecule has 1 aromatic heterocycles. The van der Waals surface area contributed by atoms with Gasteiger partial charge < -0.3 is 10.2 Å². The van der Waals surface area contributed by atoms with Gasteiger partial charge in [-0.1, -0.05) is 35.3 Å². The Morgan fingerprint density at radius 2 is 2.21 bits per heavy atom. The molecule has 0 atom stereocenters. The molecular formula is C15H13Cl2N3O2S2. The number of rotatable bonds is 5. The summed E-state index contributed by atoms with van der Waals surface area (Å²) in [7, 11) is 0. The van der Waals surface area contributed by atoms with Crippen molar-refractivity contribution in [1.29, 1.82) is 0 Å². The van der Waals surface area contributed by atoms with E-state index in [1.807, 2.05) is 12.1 Å². The molecule has 1 fully saturated rings. The highest BCUT2D eigenvalue weighted by molar-refractivity contribution is 8.00. The number of carbonyl (C=O) groups excluding carboxylic acids is 2. The number of nitrogens with zero attached hydrogens (tertiary/aromatic N) is 2. The van der Waals surface area contributed by atoms with Crippen LogP contribution in [-0.2, 0) is 16.0 Å². The molecule has 3 rings (SSSR count). The van der Waals surface area contributed by atoms with Crippen molar-refractivity contribution in [3.05, 3.63) is 44.9 Å². The lowest BCUT2D eigenvalue weighted by molar-refractivity contribution is -0.130. The highest BCUT2D eigenvalue weighted by Crippen LogP contribution is 2.29. The monoisotopic (exact) mass is 401 g/mol. The largest absolute Gasteiger partial charge is 0.323 e. The molecular weight excluding hydrogens is 389 g/mol. The van der Waals surface area contributed by atoms with E-state index < -0.39 is 0 Å². The fourth-order valence-electron chi connectivity index (χ4n) is 2.19. The molecule has 0 spiro atoms. The third-order valence-electron chi connectivity index (χ3n) is 3.36. The minimum absolute atomic E-state index is 0.00873. The van der Waals surface area contributed by atoms with Gasteiger partial charge in [-0.3, -0.25) is 9.59 Å². The Kier molecular flexibility index (Phi) is 5.65. The number of carbonyl (C=O) groups is 2. The Labute approximate surface area is 157 Å². The van der Waals surface area contributed by atoms with Crippen LogP contribution in [0.2, 0.25) is 10.0 Å². The molecule has 2 amide bonds. The van der Waals surface area contributed by atoms with E-state index in [1.165, 1.54) is 28.0 Å². The van der Waals surface area contributed by atoms with Gasteiger partial charge in [-0.25, -0.2) is 4.98 Å². The lowest BCUT2D eigenvalue weighted by Crippen LogP contribution is -2.34. The summed E-state index contributed by atoms with van der Waals surface area (Å²) < 4.78 is 0. The third kappa shape index (κ3) is 4.22. The second-order valence-electron chi connectivity index (χ2n) is 5.14. The van der Waals surface area contributed by atoms with E-state index >= 15 is 0 Å². The fraction of sp³-hybridized carbons (Fsp3) is 0.267. The van der Waals surface area contributed by atoms with Crippen molar-refractivity contribution in [2.45, 2.75) is 6.42 Å². The molecule has 0 bridgehead atoms. The summed E-state index contributed by atoms with van der Waals surface area (Å²) in [5.74, 6) is 0.746. The standard InChI is InChI=1S/C15H13Cl2N3O2S2/c16-11-3-1-2-9(14(11)17)4-10-5-18-15(24-10)19-12(21)6-20-8-23-7-13(20)22/h1-3,5H,4,6-8H2,(H,18,19,21). The molecule has 5 nitrogen and oxygen atoms in total. The quantitative estimate of drug-likeness (QED) is 0.832. The predicted molar refractivity (Wildman–Crippen MR) is 99.0 cm³/mol. The van der Waals surface area contributed by atoms with Crippen molar-refractivity contribution < 1.29 is 9.59 Å². The average Bonchev–Trinajstić information content (AvgIpc) is 3.14. The van der Waals surface area contributed by atoms with E-state index in [9.17, 15) is 9.59 Å². The maximum absolute atomic E-state index is 12.0. The van der Waals surface area contributed by atoms with Crippen LogP contribution in [0.1, 0.15) is 10.4 Å². The van der Waals surface area contributed by atoms with E-state index in [4.69, 9.17) is 23.2 Å². The molecule has 0 unspecified atom stereocenters. The summed E-state index contributed by atoms with van der Waals surface area (Å²) in [5, 5.41) is 4.28. The van der Waals surface area contributed by atoms with Gasteiger partial charge >= 0.3 is 0 Å². The average molecular weight is 402 g/mol. The second kappa shape index (κ2) is 7.74. The summed E-state index contributed by atoms with van der Waals surface area (Å²) in [6.45, 7) is 0.0564. The normalized spacial score (nSPS) is 14.2. The number of aromatic nitrogens is 1. The summed E-state index contributed by atoms with van der Waals surface area (Å²) in [6, 6.07) is 5.49. The van der Waals surface area contributed by atoms with Crippen LogP contribution in [-0.4, -0.2) is 39.9 Å². The van der Waals surface area contributed by atoms with Gasteiger partial charge in [0.25, 0.3) is 0 Å². The van der Waals surface area contributed by atoms with Crippen molar-refractivity contribution in [2.75, 3.05) is 23.5 Å². The number of thioether (sulfide) groups is 1. The SMILES string of the molecule is O=C(CN1CSCC1=O)Nc1ncc(Cc2cccc(Cl)c2Cl)s1. The maximum Gasteiger partial charge on any atom is 0.245 e. The number of benzene rings is 1. The zero-order valence-electron chi connectivity index (χ0n) is 12.4. The van der Waals surface area contributed by atoms with Crippen molar-refractivity contribution in [3.63, 3.8) is 0 Å². The first-order valence-corrected chi connectivity index (χ1v) is 9.78. The van der Waals surface area contributed by atoms with Crippen molar-refractivity contribution in [2.24, 2.45) is 0 Å². The van der Waals surface area contributed by atoms with Crippen LogP contribution in [0.4, 0.5) is 5.13 Å². The molecule has 0 saturated carbocycles. The summed E-state index contributed by atoms with van der Waals surface area (Å²) in [5.41, 5.74) is 0.908. The Hall–Kier alpha value is -1.28. The van der Waals surface area contributed by atoms with Gasteiger partial charge in [0, 0.05) is 17.5 Å². The van der Waals surface area contributed by atoms with Crippen LogP contribution in [0.15, 0.2) is 24.4 Å². The summed E-state index contributed by atoms with van der Waals surface area (Å²) in [4.78, 5) is 30.2. The molecule has 24 heavy (non-hydrogen) atoms. The van der Waals surface area contributed by atoms with Crippen LogP contribution in [0.25, 0.3) is 0 Å². The molecule has 2 aromatic rings. The molecule has 2 heterocycles. The van der Waals surface area contributed by atoms with Crippen LogP contribution >= 0.6 is 46.3 Å². The van der Waals surface area contributed by atoms with Crippen LogP contribution in [0.5, 0.6) is 0 Å². The van der Waals surface area contributed by atoms with Gasteiger partial charge in [0.05, 0.1) is 21.7 Å². The highest BCUT2D eigenvalue weighted by atomic mass is 35.5. The van der Waals surface area contributed by atoms with Crippen molar-refractivity contribution in [3.8, 4) is 0 Å². The van der Waals surface area contributed by atoms with Gasteiger partial charge in [-0.05, 0) is 11.6 Å². The van der Waals surface area contributed by atoms with Gasteiger partial charge in [0.2, 0.25) is 11.8 Å². The molecule has 1 saturated heterocycles. The number of halogens is 2. The maximum atomic E-state index is 12.0. The molecule has 126 valence electrons. The molecule has 9 heteroatoms. The van der Waals surface area contributed by atoms with Gasteiger partial charge in [0.15, 0.2) is 5.13 Å². The van der Waals surface area contributed by atoms with Gasteiger partial charge in [-0.15, -0.1) is 23.1 Å². The van der Waals surface area contributed by atoms with Crippen molar-refractivity contribution in [1.82, 2.24) is 9.88 Å². The fourth-order valence-corrected chi connectivity index (χ4v) is 4.33. The molecule has 1 aromatic carbocycles. The van der Waals surface area contributed by atoms with Crippen LogP contribution < -0.4 is 5.32 Å². The Balaban J connectivity index is 1.60. The number of hydrogen-bond donors (Lipinski definition) is 1. The molecule has 0 aliphatic carbocycles. The number of anilines is 1. The van der Waals surface area contributed by atoms with Crippen molar-refractivity contribution >= 4 is 63.2 Å². The third-order valence-corrected chi connectivity index (χ3v) is 6.07.